The van der Waals surface area contributed by atoms with E-state index in [1.165, 1.54) is 5.56 Å². The number of rotatable bonds is 5. The quantitative estimate of drug-likeness (QED) is 0.896. The third kappa shape index (κ3) is 3.26. The number of hydrogen-bond acceptors (Lipinski definition) is 2. The van der Waals surface area contributed by atoms with Crippen molar-refractivity contribution in [2.75, 3.05) is 13.1 Å². The van der Waals surface area contributed by atoms with Crippen LogP contribution in [-0.2, 0) is 16.0 Å². The van der Waals surface area contributed by atoms with E-state index in [0.717, 1.165) is 25.8 Å². The number of amides is 2. The van der Waals surface area contributed by atoms with E-state index in [0.29, 0.717) is 13.0 Å². The molecule has 1 N–H and O–H groups in total. The van der Waals surface area contributed by atoms with Crippen LogP contribution in [0.2, 0.25) is 0 Å². The first-order valence-electron chi connectivity index (χ1n) is 7.69. The minimum atomic E-state index is -0.166. The largest absolute Gasteiger partial charge is 0.351 e. The summed E-state index contributed by atoms with van der Waals surface area (Å²) >= 11 is 0. The molecule has 3 rings (SSSR count). The van der Waals surface area contributed by atoms with E-state index in [-0.39, 0.29) is 23.3 Å². The average Bonchev–Trinajstić information content (AvgIpc) is 3.14. The van der Waals surface area contributed by atoms with Crippen LogP contribution in [-0.4, -0.2) is 35.8 Å². The Morgan fingerprint density at radius 1 is 1.33 bits per heavy atom. The molecule has 0 bridgehead atoms. The zero-order chi connectivity index (χ0) is 14.9. The fourth-order valence-electron chi connectivity index (χ4n) is 2.77. The molecule has 1 aromatic rings. The van der Waals surface area contributed by atoms with E-state index in [4.69, 9.17) is 0 Å². The molecular formula is C17H22N2O2. The summed E-state index contributed by atoms with van der Waals surface area (Å²) in [5.41, 5.74) is 1.07. The summed E-state index contributed by atoms with van der Waals surface area (Å²) in [6.07, 6.45) is 3.25. The molecule has 1 saturated heterocycles. The zero-order valence-electron chi connectivity index (χ0n) is 12.5. The lowest BCUT2D eigenvalue weighted by atomic mass is 10.1. The van der Waals surface area contributed by atoms with Crippen LogP contribution in [0.25, 0.3) is 0 Å². The van der Waals surface area contributed by atoms with E-state index in [1.807, 2.05) is 30.0 Å². The van der Waals surface area contributed by atoms with Crippen molar-refractivity contribution < 1.29 is 9.59 Å². The number of likely N-dealkylation sites (tertiary alicyclic amines) is 1. The summed E-state index contributed by atoms with van der Waals surface area (Å²) in [5.74, 6) is 0.266. The van der Waals surface area contributed by atoms with Gasteiger partial charge in [0.1, 0.15) is 0 Å². The second-order valence-electron chi connectivity index (χ2n) is 6.51. The van der Waals surface area contributed by atoms with Gasteiger partial charge in [-0.2, -0.15) is 0 Å². The van der Waals surface area contributed by atoms with E-state index in [9.17, 15) is 9.59 Å². The number of hydrogen-bond donors (Lipinski definition) is 1. The van der Waals surface area contributed by atoms with E-state index in [1.54, 1.807) is 0 Å². The first kappa shape index (κ1) is 14.1. The number of carbonyl (C=O) groups excluding carboxylic acids is 2. The lowest BCUT2D eigenvalue weighted by Gasteiger charge is -2.18. The highest BCUT2D eigenvalue weighted by atomic mass is 16.2. The van der Waals surface area contributed by atoms with Crippen molar-refractivity contribution in [1.29, 1.82) is 0 Å². The molecule has 0 aromatic heterocycles. The zero-order valence-corrected chi connectivity index (χ0v) is 12.5. The predicted octanol–water partition coefficient (Wildman–Crippen LogP) is 1.75. The van der Waals surface area contributed by atoms with Gasteiger partial charge in [-0.15, -0.1) is 0 Å². The Morgan fingerprint density at radius 3 is 2.71 bits per heavy atom. The molecule has 4 nitrogen and oxygen atoms in total. The van der Waals surface area contributed by atoms with Crippen LogP contribution in [0.4, 0.5) is 0 Å². The number of nitrogens with one attached hydrogen (secondary N) is 1. The smallest absolute Gasteiger partial charge is 0.226 e. The third-order valence-corrected chi connectivity index (χ3v) is 4.61. The summed E-state index contributed by atoms with van der Waals surface area (Å²) in [6, 6.07) is 10.2. The fraction of sp³-hybridized carbons (Fsp3) is 0.529. The van der Waals surface area contributed by atoms with Gasteiger partial charge >= 0.3 is 0 Å². The summed E-state index contributed by atoms with van der Waals surface area (Å²) in [7, 11) is 0. The number of carbonyl (C=O) groups is 2. The molecule has 112 valence electrons. The Kier molecular flexibility index (Phi) is 3.70. The molecule has 2 amide bonds. The highest BCUT2D eigenvalue weighted by molar-refractivity contribution is 5.86. The molecule has 2 fully saturated rings. The van der Waals surface area contributed by atoms with Gasteiger partial charge in [0, 0.05) is 24.9 Å². The predicted molar refractivity (Wildman–Crippen MR) is 80.6 cm³/mol. The third-order valence-electron chi connectivity index (χ3n) is 4.61. The van der Waals surface area contributed by atoms with Crippen LogP contribution in [0.1, 0.15) is 31.7 Å². The first-order valence-corrected chi connectivity index (χ1v) is 7.69. The van der Waals surface area contributed by atoms with Crippen molar-refractivity contribution in [3.05, 3.63) is 35.9 Å². The normalized spacial score (nSPS) is 23.2. The monoisotopic (exact) mass is 286 g/mol. The van der Waals surface area contributed by atoms with Crippen molar-refractivity contribution in [3.8, 4) is 0 Å². The second kappa shape index (κ2) is 5.51. The van der Waals surface area contributed by atoms with Gasteiger partial charge in [0.05, 0.1) is 6.04 Å². The second-order valence-corrected chi connectivity index (χ2v) is 6.51. The number of benzene rings is 1. The Hall–Kier alpha value is -1.84. The summed E-state index contributed by atoms with van der Waals surface area (Å²) in [4.78, 5) is 25.9. The summed E-state index contributed by atoms with van der Waals surface area (Å²) < 4.78 is 0. The Bertz CT molecular complexity index is 537. The highest BCUT2D eigenvalue weighted by Gasteiger charge is 2.46. The van der Waals surface area contributed by atoms with E-state index in [2.05, 4.69) is 17.4 Å². The molecule has 1 aliphatic heterocycles. The van der Waals surface area contributed by atoms with Gasteiger partial charge in [0.2, 0.25) is 11.8 Å². The van der Waals surface area contributed by atoms with Gasteiger partial charge < -0.3 is 10.2 Å². The number of nitrogens with zero attached hydrogens (tertiary/aromatic N) is 1. The lowest BCUT2D eigenvalue weighted by Crippen LogP contribution is -2.40. The van der Waals surface area contributed by atoms with Crippen LogP contribution in [0.3, 0.4) is 0 Å². The van der Waals surface area contributed by atoms with Crippen LogP contribution < -0.4 is 5.32 Å². The Morgan fingerprint density at radius 2 is 2.05 bits per heavy atom. The maximum Gasteiger partial charge on any atom is 0.226 e. The molecule has 0 radical (unpaired) electrons. The molecule has 1 aromatic carbocycles. The Labute approximate surface area is 125 Å². The van der Waals surface area contributed by atoms with Gasteiger partial charge in [-0.25, -0.2) is 0 Å². The summed E-state index contributed by atoms with van der Waals surface area (Å²) in [6.45, 7) is 3.37. The van der Waals surface area contributed by atoms with Crippen molar-refractivity contribution in [3.63, 3.8) is 0 Å². The van der Waals surface area contributed by atoms with Crippen molar-refractivity contribution in [2.45, 2.75) is 38.6 Å². The SMILES string of the molecule is CC1(C(=O)N[C@@H]2CC(=O)N(CCc3ccccc3)C2)CC1. The van der Waals surface area contributed by atoms with Crippen molar-refractivity contribution >= 4 is 11.8 Å². The van der Waals surface area contributed by atoms with Gasteiger partial charge in [-0.1, -0.05) is 37.3 Å². The van der Waals surface area contributed by atoms with Gasteiger partial charge in [0.15, 0.2) is 0 Å². The Balaban J connectivity index is 1.49. The minimum Gasteiger partial charge on any atom is -0.351 e. The first-order chi connectivity index (χ1) is 10.1. The molecule has 1 heterocycles. The van der Waals surface area contributed by atoms with Gasteiger partial charge in [-0.05, 0) is 24.8 Å². The van der Waals surface area contributed by atoms with Gasteiger partial charge in [-0.3, -0.25) is 9.59 Å². The fourth-order valence-corrected chi connectivity index (χ4v) is 2.77. The van der Waals surface area contributed by atoms with E-state index >= 15 is 0 Å². The molecule has 0 unspecified atom stereocenters. The standard InChI is InChI=1S/C17H22N2O2/c1-17(8-9-17)16(21)18-14-11-15(20)19(12-14)10-7-13-5-3-2-4-6-13/h2-6,14H,7-12H2,1H3,(H,18,21)/t14-/m1/s1. The van der Waals surface area contributed by atoms with Crippen molar-refractivity contribution in [2.24, 2.45) is 5.41 Å². The van der Waals surface area contributed by atoms with Crippen LogP contribution in [0, 0.1) is 5.41 Å². The average molecular weight is 286 g/mol. The molecule has 0 spiro atoms. The lowest BCUT2D eigenvalue weighted by molar-refractivity contribution is -0.127. The molecule has 1 aliphatic carbocycles. The van der Waals surface area contributed by atoms with Crippen molar-refractivity contribution in [1.82, 2.24) is 10.2 Å². The van der Waals surface area contributed by atoms with Crippen LogP contribution >= 0.6 is 0 Å². The van der Waals surface area contributed by atoms with Crippen LogP contribution in [0.15, 0.2) is 30.3 Å². The molecule has 21 heavy (non-hydrogen) atoms. The van der Waals surface area contributed by atoms with Gasteiger partial charge in [0.25, 0.3) is 0 Å². The molecule has 4 heteroatoms. The maximum absolute atomic E-state index is 12.0. The van der Waals surface area contributed by atoms with E-state index < -0.39 is 0 Å². The molecular weight excluding hydrogens is 264 g/mol. The topological polar surface area (TPSA) is 49.4 Å². The van der Waals surface area contributed by atoms with Crippen LogP contribution in [0.5, 0.6) is 0 Å². The molecule has 1 atom stereocenters. The molecule has 2 aliphatic rings. The highest BCUT2D eigenvalue weighted by Crippen LogP contribution is 2.45. The summed E-state index contributed by atoms with van der Waals surface area (Å²) in [5, 5.41) is 3.04. The maximum atomic E-state index is 12.0. The molecule has 1 saturated carbocycles. The minimum absolute atomic E-state index is 0.0156.